The van der Waals surface area contributed by atoms with Crippen LogP contribution in [0.5, 0.6) is 0 Å². The highest BCUT2D eigenvalue weighted by Crippen LogP contribution is 2.66. The topological polar surface area (TPSA) is 75.4 Å². The summed E-state index contributed by atoms with van der Waals surface area (Å²) in [6, 6.07) is 0. The zero-order chi connectivity index (χ0) is 21.1. The number of hydrogen-bond donors (Lipinski definition) is 2. The standard InChI is InChI=1S/C24H35FN2O3/c1-22(29)9-10-24(25)15(11-22)3-4-17-18-5-6-20(23(18,2)8-7-19(17)24)21(28)13-26-16-12-27-30-14-16/h12,14-15,17-20,26,29H,3-11,13H2,1-2H3/t15-,17+,18+,19+,20-,22-,23+,24-/m1/s1. The summed E-state index contributed by atoms with van der Waals surface area (Å²) in [4.78, 5) is 13.1. The van der Waals surface area contributed by atoms with Crippen molar-refractivity contribution in [2.75, 3.05) is 11.9 Å². The van der Waals surface area contributed by atoms with Crippen molar-refractivity contribution in [1.29, 1.82) is 0 Å². The molecule has 4 saturated carbocycles. The van der Waals surface area contributed by atoms with E-state index in [0.29, 0.717) is 37.6 Å². The van der Waals surface area contributed by atoms with Gasteiger partial charge in [0.25, 0.3) is 0 Å². The third-order valence-electron chi connectivity index (χ3n) is 9.60. The molecule has 0 spiro atoms. The van der Waals surface area contributed by atoms with Crippen molar-refractivity contribution in [2.24, 2.45) is 35.0 Å². The molecule has 1 aromatic heterocycles. The maximum absolute atomic E-state index is 16.4. The molecule has 166 valence electrons. The second-order valence-corrected chi connectivity index (χ2v) is 11.2. The highest BCUT2D eigenvalue weighted by Gasteiger charge is 2.63. The highest BCUT2D eigenvalue weighted by atomic mass is 19.1. The van der Waals surface area contributed by atoms with Crippen LogP contribution in [0.2, 0.25) is 0 Å². The van der Waals surface area contributed by atoms with E-state index in [-0.39, 0.29) is 29.0 Å². The van der Waals surface area contributed by atoms with Gasteiger partial charge < -0.3 is 14.9 Å². The van der Waals surface area contributed by atoms with Gasteiger partial charge in [0.05, 0.1) is 24.0 Å². The number of nitrogens with one attached hydrogen (secondary N) is 1. The van der Waals surface area contributed by atoms with Crippen molar-refractivity contribution in [2.45, 2.75) is 82.9 Å². The minimum atomic E-state index is -1.12. The van der Waals surface area contributed by atoms with Gasteiger partial charge in [-0.1, -0.05) is 12.1 Å². The molecule has 2 N–H and O–H groups in total. The van der Waals surface area contributed by atoms with Gasteiger partial charge in [0, 0.05) is 5.92 Å². The smallest absolute Gasteiger partial charge is 0.155 e. The Hall–Kier alpha value is -1.43. The minimum absolute atomic E-state index is 0.00143. The highest BCUT2D eigenvalue weighted by molar-refractivity contribution is 5.86. The fourth-order valence-corrected chi connectivity index (χ4v) is 8.11. The number of rotatable bonds is 4. The third-order valence-corrected chi connectivity index (χ3v) is 9.60. The van der Waals surface area contributed by atoms with E-state index in [1.807, 2.05) is 6.92 Å². The summed E-state index contributed by atoms with van der Waals surface area (Å²) in [6.07, 6.45) is 10.5. The molecule has 6 heteroatoms. The number of Topliss-reactive ketones (excluding diaryl/α,β-unsaturated/α-hetero) is 1. The average Bonchev–Trinajstić information content (AvgIpc) is 3.33. The molecule has 5 nitrogen and oxygen atoms in total. The number of aliphatic hydroxyl groups is 1. The Kier molecular flexibility index (Phi) is 4.81. The van der Waals surface area contributed by atoms with E-state index in [1.165, 1.54) is 6.26 Å². The summed E-state index contributed by atoms with van der Waals surface area (Å²) in [6.45, 7) is 4.47. The predicted octanol–water partition coefficient (Wildman–Crippen LogP) is 4.77. The lowest BCUT2D eigenvalue weighted by atomic mass is 9.48. The number of hydrogen-bond acceptors (Lipinski definition) is 5. The van der Waals surface area contributed by atoms with Crippen molar-refractivity contribution >= 4 is 11.5 Å². The Balaban J connectivity index is 1.31. The van der Waals surface area contributed by atoms with Gasteiger partial charge in [-0.05, 0) is 93.8 Å². The molecule has 4 aliphatic rings. The number of fused-ring (bicyclic) bond motifs is 5. The van der Waals surface area contributed by atoms with Crippen LogP contribution in [0.3, 0.4) is 0 Å². The zero-order valence-corrected chi connectivity index (χ0v) is 18.2. The average molecular weight is 419 g/mol. The first-order valence-electron chi connectivity index (χ1n) is 11.8. The Morgan fingerprint density at radius 2 is 2.03 bits per heavy atom. The summed E-state index contributed by atoms with van der Waals surface area (Å²) in [5, 5.41) is 17.3. The van der Waals surface area contributed by atoms with Crippen LogP contribution >= 0.6 is 0 Å². The van der Waals surface area contributed by atoms with Crippen LogP contribution in [0.4, 0.5) is 10.1 Å². The van der Waals surface area contributed by atoms with Gasteiger partial charge in [0.2, 0.25) is 0 Å². The van der Waals surface area contributed by atoms with E-state index in [9.17, 15) is 9.90 Å². The van der Waals surface area contributed by atoms with Crippen LogP contribution in [0, 0.1) is 35.0 Å². The van der Waals surface area contributed by atoms with Crippen LogP contribution < -0.4 is 5.32 Å². The molecular formula is C24H35FN2O3. The molecule has 0 unspecified atom stereocenters. The molecular weight excluding hydrogens is 383 g/mol. The second kappa shape index (κ2) is 7.04. The van der Waals surface area contributed by atoms with Crippen molar-refractivity contribution in [3.8, 4) is 0 Å². The van der Waals surface area contributed by atoms with Crippen LogP contribution in [-0.2, 0) is 4.79 Å². The monoisotopic (exact) mass is 418 g/mol. The zero-order valence-electron chi connectivity index (χ0n) is 18.2. The van der Waals surface area contributed by atoms with E-state index in [4.69, 9.17) is 4.52 Å². The fraction of sp³-hybridized carbons (Fsp3) is 0.833. The van der Waals surface area contributed by atoms with Crippen LogP contribution in [0.1, 0.15) is 71.6 Å². The Morgan fingerprint density at radius 1 is 1.20 bits per heavy atom. The number of halogens is 1. The first-order chi connectivity index (χ1) is 14.2. The van der Waals surface area contributed by atoms with Gasteiger partial charge in [0.15, 0.2) is 5.78 Å². The molecule has 4 aliphatic carbocycles. The lowest BCUT2D eigenvalue weighted by Gasteiger charge is -2.59. The third kappa shape index (κ3) is 3.12. The van der Waals surface area contributed by atoms with E-state index in [1.54, 1.807) is 6.20 Å². The number of alkyl halides is 1. The van der Waals surface area contributed by atoms with E-state index in [0.717, 1.165) is 44.2 Å². The summed E-state index contributed by atoms with van der Waals surface area (Å²) in [5.74, 6) is 1.25. The Morgan fingerprint density at radius 3 is 2.80 bits per heavy atom. The molecule has 1 heterocycles. The van der Waals surface area contributed by atoms with Crippen LogP contribution in [0.25, 0.3) is 0 Å². The number of ketones is 1. The largest absolute Gasteiger partial charge is 0.390 e. The first-order valence-corrected chi connectivity index (χ1v) is 11.8. The van der Waals surface area contributed by atoms with Gasteiger partial charge in [-0.25, -0.2) is 4.39 Å². The maximum Gasteiger partial charge on any atom is 0.155 e. The summed E-state index contributed by atoms with van der Waals surface area (Å²) < 4.78 is 21.2. The SMILES string of the molecule is C[C@@]1(O)CC[C@@]2(F)[C@H](CC[C@H]3[C@@H]4CC[C@H](C(=O)CNc5cnoc5)[C@@]4(C)CC[C@@H]32)C1. The molecule has 0 bridgehead atoms. The van der Waals surface area contributed by atoms with Gasteiger partial charge in [-0.15, -0.1) is 0 Å². The summed E-state index contributed by atoms with van der Waals surface area (Å²) >= 11 is 0. The lowest BCUT2D eigenvalue weighted by Crippen LogP contribution is -2.58. The predicted molar refractivity (Wildman–Crippen MR) is 112 cm³/mol. The molecule has 5 rings (SSSR count). The maximum atomic E-state index is 16.4. The number of anilines is 1. The number of carbonyl (C=O) groups excluding carboxylic acids is 1. The quantitative estimate of drug-likeness (QED) is 0.737. The number of nitrogens with zero attached hydrogens (tertiary/aromatic N) is 1. The van der Waals surface area contributed by atoms with Gasteiger partial charge in [-0.2, -0.15) is 0 Å². The number of carbonyl (C=O) groups is 1. The molecule has 4 fully saturated rings. The normalized spacial score (nSPS) is 47.8. The Labute approximate surface area is 178 Å². The molecule has 8 atom stereocenters. The molecule has 0 aliphatic heterocycles. The van der Waals surface area contributed by atoms with Gasteiger partial charge in [-0.3, -0.25) is 4.79 Å². The van der Waals surface area contributed by atoms with Crippen molar-refractivity contribution < 1.29 is 18.8 Å². The van der Waals surface area contributed by atoms with Crippen LogP contribution in [-0.4, -0.2) is 33.9 Å². The summed E-state index contributed by atoms with van der Waals surface area (Å²) in [7, 11) is 0. The fourth-order valence-electron chi connectivity index (χ4n) is 8.11. The van der Waals surface area contributed by atoms with Gasteiger partial charge >= 0.3 is 0 Å². The van der Waals surface area contributed by atoms with E-state index < -0.39 is 11.3 Å². The van der Waals surface area contributed by atoms with Crippen LogP contribution in [0.15, 0.2) is 17.0 Å². The second-order valence-electron chi connectivity index (χ2n) is 11.2. The van der Waals surface area contributed by atoms with Crippen molar-refractivity contribution in [1.82, 2.24) is 5.16 Å². The van der Waals surface area contributed by atoms with E-state index in [2.05, 4.69) is 17.4 Å². The number of aromatic nitrogens is 1. The first kappa shape index (κ1) is 20.5. The molecule has 1 aromatic rings. The molecule has 0 aromatic carbocycles. The van der Waals surface area contributed by atoms with Crippen molar-refractivity contribution in [3.63, 3.8) is 0 Å². The Bertz CT molecular complexity index is 796. The van der Waals surface area contributed by atoms with Crippen molar-refractivity contribution in [3.05, 3.63) is 12.5 Å². The molecule has 0 saturated heterocycles. The molecule has 0 amide bonds. The lowest BCUT2D eigenvalue weighted by molar-refractivity contribution is -0.165. The molecule has 0 radical (unpaired) electrons. The summed E-state index contributed by atoms with van der Waals surface area (Å²) in [5.41, 5.74) is -1.11. The minimum Gasteiger partial charge on any atom is -0.390 e. The molecule has 30 heavy (non-hydrogen) atoms. The van der Waals surface area contributed by atoms with E-state index >= 15 is 4.39 Å². The van der Waals surface area contributed by atoms with Gasteiger partial charge in [0.1, 0.15) is 11.9 Å².